The van der Waals surface area contributed by atoms with Gasteiger partial charge < -0.3 is 19.3 Å². The van der Waals surface area contributed by atoms with Gasteiger partial charge in [-0.15, -0.1) is 0 Å². The number of rotatable bonds is 8. The number of nitrogens with zero attached hydrogens (tertiary/aromatic N) is 2. The molecule has 40 heavy (non-hydrogen) atoms. The minimum absolute atomic E-state index is 0.00217. The number of carbonyl (C=O) groups excluding carboxylic acids is 3. The van der Waals surface area contributed by atoms with Crippen molar-refractivity contribution in [3.8, 4) is 11.5 Å². The molecule has 2 aliphatic heterocycles. The van der Waals surface area contributed by atoms with E-state index in [9.17, 15) is 19.5 Å². The van der Waals surface area contributed by atoms with Crippen molar-refractivity contribution in [3.63, 3.8) is 0 Å². The Morgan fingerprint density at radius 3 is 2.70 bits per heavy atom. The standard InChI is InChI=1S/C30H28N2O7S/c1-5-13-38-29(36)27-17(4)31-30(40-27)32-24(18-7-10-21(11-8-18)37-6-2)23(26(34)28(32)35)25(33)19-9-12-22-20(15-19)14-16(3)39-22/h5,7-12,15-16,24,33H,1,6,13-14H2,2-4H3. The van der Waals surface area contributed by atoms with Crippen LogP contribution in [0.1, 0.15) is 51.9 Å². The Morgan fingerprint density at radius 1 is 1.25 bits per heavy atom. The Balaban J connectivity index is 1.63. The molecule has 3 aromatic rings. The Morgan fingerprint density at radius 2 is 2.00 bits per heavy atom. The van der Waals surface area contributed by atoms with Gasteiger partial charge in [0.1, 0.15) is 34.8 Å². The Hall–Kier alpha value is -4.44. The van der Waals surface area contributed by atoms with E-state index in [2.05, 4.69) is 11.6 Å². The van der Waals surface area contributed by atoms with E-state index in [0.29, 0.717) is 35.6 Å². The summed E-state index contributed by atoms with van der Waals surface area (Å²) in [6, 6.07) is 11.1. The second-order valence-electron chi connectivity index (χ2n) is 9.42. The van der Waals surface area contributed by atoms with E-state index >= 15 is 0 Å². The molecule has 5 rings (SSSR count). The van der Waals surface area contributed by atoms with E-state index in [4.69, 9.17) is 14.2 Å². The maximum atomic E-state index is 13.5. The molecule has 206 valence electrons. The number of carbonyl (C=O) groups is 3. The van der Waals surface area contributed by atoms with Crippen LogP contribution in [0.25, 0.3) is 5.76 Å². The number of thiazole rings is 1. The number of amides is 1. The summed E-state index contributed by atoms with van der Waals surface area (Å²) in [6.45, 7) is 9.49. The zero-order valence-corrected chi connectivity index (χ0v) is 23.1. The lowest BCUT2D eigenvalue weighted by Gasteiger charge is -2.23. The fourth-order valence-corrected chi connectivity index (χ4v) is 5.85. The summed E-state index contributed by atoms with van der Waals surface area (Å²) in [4.78, 5) is 45.5. The number of anilines is 1. The minimum atomic E-state index is -0.998. The second-order valence-corrected chi connectivity index (χ2v) is 10.4. The quantitative estimate of drug-likeness (QED) is 0.132. The van der Waals surface area contributed by atoms with E-state index < -0.39 is 23.7 Å². The number of esters is 1. The van der Waals surface area contributed by atoms with Gasteiger partial charge in [-0.25, -0.2) is 9.78 Å². The third-order valence-electron chi connectivity index (χ3n) is 6.63. The zero-order valence-electron chi connectivity index (χ0n) is 22.3. The number of Topliss-reactive ketones (excluding diaryl/α,β-unsaturated/α-hetero) is 1. The molecule has 1 fully saturated rings. The molecule has 1 aromatic heterocycles. The molecule has 1 saturated heterocycles. The van der Waals surface area contributed by atoms with Crippen LogP contribution in [-0.4, -0.2) is 47.1 Å². The molecular formula is C30H28N2O7S. The van der Waals surface area contributed by atoms with Crippen LogP contribution in [0, 0.1) is 6.92 Å². The molecule has 3 heterocycles. The van der Waals surface area contributed by atoms with Crippen LogP contribution < -0.4 is 14.4 Å². The predicted octanol–water partition coefficient (Wildman–Crippen LogP) is 5.14. The average molecular weight is 561 g/mol. The summed E-state index contributed by atoms with van der Waals surface area (Å²) in [5.41, 5.74) is 2.14. The highest BCUT2D eigenvalue weighted by atomic mass is 32.1. The Bertz CT molecular complexity index is 1540. The Labute approximate surface area is 235 Å². The van der Waals surface area contributed by atoms with E-state index in [1.165, 1.54) is 11.0 Å². The number of fused-ring (bicyclic) bond motifs is 1. The van der Waals surface area contributed by atoms with Gasteiger partial charge in [0, 0.05) is 12.0 Å². The topological polar surface area (TPSA) is 115 Å². The molecule has 2 aliphatic rings. The number of ketones is 1. The van der Waals surface area contributed by atoms with Gasteiger partial charge in [0.25, 0.3) is 5.78 Å². The summed E-state index contributed by atoms with van der Waals surface area (Å²) >= 11 is 0.944. The zero-order chi connectivity index (χ0) is 28.6. The molecule has 2 unspecified atom stereocenters. The van der Waals surface area contributed by atoms with Gasteiger partial charge in [0.2, 0.25) is 0 Å². The van der Waals surface area contributed by atoms with Gasteiger partial charge in [-0.05, 0) is 62.2 Å². The van der Waals surface area contributed by atoms with E-state index in [1.54, 1.807) is 49.4 Å². The summed E-state index contributed by atoms with van der Waals surface area (Å²) in [5.74, 6) is -1.29. The van der Waals surface area contributed by atoms with Crippen molar-refractivity contribution in [3.05, 3.63) is 88.0 Å². The van der Waals surface area contributed by atoms with Gasteiger partial charge >= 0.3 is 11.9 Å². The maximum absolute atomic E-state index is 13.5. The fraction of sp³-hybridized carbons (Fsp3) is 0.267. The number of ether oxygens (including phenoxy) is 3. The molecule has 10 heteroatoms. The number of aliphatic hydroxyl groups excluding tert-OH is 1. The van der Waals surface area contributed by atoms with Gasteiger partial charge in [0.05, 0.1) is 23.9 Å². The third kappa shape index (κ3) is 4.86. The highest BCUT2D eigenvalue weighted by Gasteiger charge is 2.48. The molecule has 2 aromatic carbocycles. The lowest BCUT2D eigenvalue weighted by Crippen LogP contribution is -2.29. The van der Waals surface area contributed by atoms with Gasteiger partial charge in [0.15, 0.2) is 5.13 Å². The highest BCUT2D eigenvalue weighted by Crippen LogP contribution is 2.44. The van der Waals surface area contributed by atoms with E-state index in [1.807, 2.05) is 13.8 Å². The second kappa shape index (κ2) is 11.0. The molecule has 9 nitrogen and oxygen atoms in total. The number of aromatic nitrogens is 1. The van der Waals surface area contributed by atoms with Crippen LogP contribution in [-0.2, 0) is 20.7 Å². The molecule has 1 N–H and O–H groups in total. The van der Waals surface area contributed by atoms with Crippen LogP contribution in [0.4, 0.5) is 5.13 Å². The van der Waals surface area contributed by atoms with Crippen molar-refractivity contribution in [2.75, 3.05) is 18.1 Å². The number of aryl methyl sites for hydroxylation is 1. The first-order valence-electron chi connectivity index (χ1n) is 12.8. The molecule has 2 atom stereocenters. The van der Waals surface area contributed by atoms with Crippen molar-refractivity contribution in [1.29, 1.82) is 0 Å². The summed E-state index contributed by atoms with van der Waals surface area (Å²) in [5, 5.41) is 11.6. The monoisotopic (exact) mass is 560 g/mol. The first kappa shape index (κ1) is 27.1. The Kier molecular flexibility index (Phi) is 7.44. The van der Waals surface area contributed by atoms with Gasteiger partial charge in [-0.2, -0.15) is 0 Å². The number of aliphatic hydroxyl groups is 1. The van der Waals surface area contributed by atoms with Crippen LogP contribution >= 0.6 is 11.3 Å². The van der Waals surface area contributed by atoms with Crippen molar-refractivity contribution < 1.29 is 33.7 Å². The van der Waals surface area contributed by atoms with Crippen LogP contribution in [0.2, 0.25) is 0 Å². The SMILES string of the molecule is C=CCOC(=O)c1sc(N2C(=O)C(=O)C(=C(O)c3ccc4c(c3)CC(C)O4)C2c2ccc(OCC)cc2)nc1C. The van der Waals surface area contributed by atoms with Gasteiger partial charge in [-0.1, -0.05) is 36.1 Å². The summed E-state index contributed by atoms with van der Waals surface area (Å²) in [6.07, 6.45) is 2.11. The maximum Gasteiger partial charge on any atom is 0.350 e. The number of hydrogen-bond donors (Lipinski definition) is 1. The first-order valence-corrected chi connectivity index (χ1v) is 13.6. The van der Waals surface area contributed by atoms with E-state index in [-0.39, 0.29) is 34.1 Å². The summed E-state index contributed by atoms with van der Waals surface area (Å²) < 4.78 is 16.5. The van der Waals surface area contributed by atoms with Crippen molar-refractivity contribution in [2.24, 2.45) is 0 Å². The summed E-state index contributed by atoms with van der Waals surface area (Å²) in [7, 11) is 0. The molecule has 0 spiro atoms. The van der Waals surface area contributed by atoms with E-state index in [0.717, 1.165) is 22.6 Å². The molecule has 0 aliphatic carbocycles. The highest BCUT2D eigenvalue weighted by molar-refractivity contribution is 7.17. The predicted molar refractivity (Wildman–Crippen MR) is 150 cm³/mol. The molecule has 0 radical (unpaired) electrons. The third-order valence-corrected chi connectivity index (χ3v) is 7.77. The first-order chi connectivity index (χ1) is 19.2. The number of hydrogen-bond acceptors (Lipinski definition) is 9. The fourth-order valence-electron chi connectivity index (χ4n) is 4.86. The van der Waals surface area contributed by atoms with Crippen LogP contribution in [0.3, 0.4) is 0 Å². The minimum Gasteiger partial charge on any atom is -0.507 e. The lowest BCUT2D eigenvalue weighted by atomic mass is 9.94. The largest absolute Gasteiger partial charge is 0.507 e. The molecule has 0 bridgehead atoms. The van der Waals surface area contributed by atoms with Crippen LogP contribution in [0.15, 0.2) is 60.7 Å². The molecule has 0 saturated carbocycles. The molecule has 1 amide bonds. The van der Waals surface area contributed by atoms with Crippen molar-refractivity contribution in [1.82, 2.24) is 4.98 Å². The number of benzene rings is 2. The lowest BCUT2D eigenvalue weighted by molar-refractivity contribution is -0.132. The molecular weight excluding hydrogens is 532 g/mol. The normalized spacial score (nSPS) is 19.3. The van der Waals surface area contributed by atoms with Gasteiger partial charge in [-0.3, -0.25) is 14.5 Å². The van der Waals surface area contributed by atoms with Crippen LogP contribution in [0.5, 0.6) is 11.5 Å². The van der Waals surface area contributed by atoms with Crippen molar-refractivity contribution >= 4 is 39.9 Å². The smallest absolute Gasteiger partial charge is 0.350 e. The average Bonchev–Trinajstić information content (AvgIpc) is 3.59. The van der Waals surface area contributed by atoms with Crippen molar-refractivity contribution in [2.45, 2.75) is 39.3 Å².